The molecule has 0 aromatic carbocycles. The Morgan fingerprint density at radius 2 is 2.22 bits per heavy atom. The summed E-state index contributed by atoms with van der Waals surface area (Å²) in [6, 6.07) is 0. The van der Waals surface area contributed by atoms with Crippen LogP contribution in [0.3, 0.4) is 0 Å². The molecule has 0 bridgehead atoms. The number of hydrogen-bond donors (Lipinski definition) is 0. The van der Waals surface area contributed by atoms with E-state index >= 15 is 0 Å². The summed E-state index contributed by atoms with van der Waals surface area (Å²) in [7, 11) is -0.547. The summed E-state index contributed by atoms with van der Waals surface area (Å²) in [6.07, 6.45) is 0. The zero-order valence-electron chi connectivity index (χ0n) is 5.85. The molecule has 3 heteroatoms. The molecular formula is C6H12OS2. The molecule has 0 amide bonds. The lowest BCUT2D eigenvalue weighted by atomic mass is 10.0. The zero-order valence-corrected chi connectivity index (χ0v) is 7.48. The van der Waals surface area contributed by atoms with Crippen LogP contribution in [0.15, 0.2) is 0 Å². The SMILES string of the molecule is CC1(C)CSCS(=O)C1. The van der Waals surface area contributed by atoms with Crippen LogP contribution in [0.5, 0.6) is 0 Å². The molecule has 0 spiro atoms. The summed E-state index contributed by atoms with van der Waals surface area (Å²) in [5, 5.41) is 0.851. The maximum atomic E-state index is 11.0. The molecule has 1 rings (SSSR count). The Balaban J connectivity index is 2.51. The average Bonchev–Trinajstić information content (AvgIpc) is 1.60. The van der Waals surface area contributed by atoms with Gasteiger partial charge in [-0.3, -0.25) is 4.21 Å². The summed E-state index contributed by atoms with van der Waals surface area (Å²) in [5.74, 6) is 2.05. The normalized spacial score (nSPS) is 34.2. The maximum absolute atomic E-state index is 11.0. The van der Waals surface area contributed by atoms with Crippen molar-refractivity contribution in [2.45, 2.75) is 13.8 Å². The molecule has 0 radical (unpaired) electrons. The standard InChI is InChI=1S/C6H12OS2/c1-6(2)3-8-5-9(7)4-6/h3-5H2,1-2H3. The molecule has 0 N–H and O–H groups in total. The van der Waals surface area contributed by atoms with Gasteiger partial charge in [0.05, 0.1) is 5.08 Å². The van der Waals surface area contributed by atoms with Crippen LogP contribution in [0.2, 0.25) is 0 Å². The summed E-state index contributed by atoms with van der Waals surface area (Å²) in [5.41, 5.74) is 0.313. The molecule has 54 valence electrons. The Hall–Kier alpha value is 0.500. The van der Waals surface area contributed by atoms with Crippen LogP contribution in [0.4, 0.5) is 0 Å². The molecule has 1 aliphatic rings. The predicted octanol–water partition coefficient (Wildman–Crippen LogP) is 1.47. The van der Waals surface area contributed by atoms with E-state index in [1.54, 1.807) is 0 Å². The molecular weight excluding hydrogens is 152 g/mol. The highest BCUT2D eigenvalue weighted by atomic mass is 32.2. The molecule has 1 saturated heterocycles. The van der Waals surface area contributed by atoms with Crippen LogP contribution < -0.4 is 0 Å². The van der Waals surface area contributed by atoms with Crippen LogP contribution in [-0.4, -0.2) is 20.8 Å². The van der Waals surface area contributed by atoms with Crippen molar-refractivity contribution >= 4 is 22.6 Å². The number of thioether (sulfide) groups is 1. The van der Waals surface area contributed by atoms with Gasteiger partial charge in [0.15, 0.2) is 0 Å². The van der Waals surface area contributed by atoms with Gasteiger partial charge in [-0.15, -0.1) is 11.8 Å². The summed E-state index contributed by atoms with van der Waals surface area (Å²) >= 11 is 1.81. The third-order valence-corrected chi connectivity index (χ3v) is 5.07. The van der Waals surface area contributed by atoms with E-state index in [-0.39, 0.29) is 0 Å². The minimum atomic E-state index is -0.547. The van der Waals surface area contributed by atoms with Crippen LogP contribution >= 0.6 is 11.8 Å². The molecule has 1 aliphatic heterocycles. The van der Waals surface area contributed by atoms with Gasteiger partial charge in [0.2, 0.25) is 0 Å². The van der Waals surface area contributed by atoms with Crippen molar-refractivity contribution in [1.29, 1.82) is 0 Å². The Bertz CT molecular complexity index is 131. The van der Waals surface area contributed by atoms with Gasteiger partial charge in [-0.05, 0) is 5.41 Å². The Morgan fingerprint density at radius 1 is 1.56 bits per heavy atom. The molecule has 1 nitrogen and oxygen atoms in total. The van der Waals surface area contributed by atoms with Crippen molar-refractivity contribution in [3.63, 3.8) is 0 Å². The van der Waals surface area contributed by atoms with Crippen LogP contribution in [0, 0.1) is 5.41 Å². The zero-order chi connectivity index (χ0) is 6.91. The Labute approximate surface area is 63.1 Å². The molecule has 0 saturated carbocycles. The van der Waals surface area contributed by atoms with Gasteiger partial charge >= 0.3 is 0 Å². The van der Waals surface area contributed by atoms with Crippen LogP contribution in [-0.2, 0) is 10.8 Å². The fourth-order valence-corrected chi connectivity index (χ4v) is 4.10. The minimum absolute atomic E-state index is 0.313. The monoisotopic (exact) mass is 164 g/mol. The maximum Gasteiger partial charge on any atom is 0.0692 e. The van der Waals surface area contributed by atoms with E-state index in [4.69, 9.17) is 0 Å². The first-order chi connectivity index (χ1) is 4.10. The lowest BCUT2D eigenvalue weighted by molar-refractivity contribution is 0.482. The van der Waals surface area contributed by atoms with Crippen molar-refractivity contribution < 1.29 is 4.21 Å². The predicted molar refractivity (Wildman–Crippen MR) is 44.1 cm³/mol. The fourth-order valence-electron chi connectivity index (χ4n) is 0.930. The first kappa shape index (κ1) is 7.61. The molecule has 0 aromatic heterocycles. The van der Waals surface area contributed by atoms with Crippen molar-refractivity contribution in [1.82, 2.24) is 0 Å². The van der Waals surface area contributed by atoms with Crippen molar-refractivity contribution in [3.05, 3.63) is 0 Å². The smallest absolute Gasteiger partial charge is 0.0692 e. The second-order valence-corrected chi connectivity index (χ2v) is 6.02. The van der Waals surface area contributed by atoms with Gasteiger partial charge in [0.1, 0.15) is 0 Å². The third kappa shape index (κ3) is 2.30. The van der Waals surface area contributed by atoms with Gasteiger partial charge in [0.25, 0.3) is 0 Å². The molecule has 1 atom stereocenters. The summed E-state index contributed by atoms with van der Waals surface area (Å²) < 4.78 is 11.0. The van der Waals surface area contributed by atoms with Crippen LogP contribution in [0.25, 0.3) is 0 Å². The van der Waals surface area contributed by atoms with Crippen molar-refractivity contribution in [3.8, 4) is 0 Å². The molecule has 0 aromatic rings. The average molecular weight is 164 g/mol. The molecule has 1 unspecified atom stereocenters. The molecule has 1 heterocycles. The number of hydrogen-bond acceptors (Lipinski definition) is 2. The number of rotatable bonds is 0. The highest BCUT2D eigenvalue weighted by Gasteiger charge is 2.25. The highest BCUT2D eigenvalue weighted by molar-refractivity contribution is 8.10. The van der Waals surface area contributed by atoms with Crippen molar-refractivity contribution in [2.75, 3.05) is 16.6 Å². The lowest BCUT2D eigenvalue weighted by Crippen LogP contribution is -2.28. The molecule has 0 aliphatic carbocycles. The second kappa shape index (κ2) is 2.62. The van der Waals surface area contributed by atoms with E-state index in [2.05, 4.69) is 13.8 Å². The lowest BCUT2D eigenvalue weighted by Gasteiger charge is -2.27. The van der Waals surface area contributed by atoms with E-state index in [0.717, 1.165) is 10.8 Å². The van der Waals surface area contributed by atoms with Crippen LogP contribution in [0.1, 0.15) is 13.8 Å². The van der Waals surface area contributed by atoms with Gasteiger partial charge in [0, 0.05) is 22.3 Å². The van der Waals surface area contributed by atoms with E-state index in [9.17, 15) is 4.21 Å². The minimum Gasteiger partial charge on any atom is -0.259 e. The Morgan fingerprint density at radius 3 is 2.56 bits per heavy atom. The second-order valence-electron chi connectivity index (χ2n) is 3.21. The van der Waals surface area contributed by atoms with E-state index in [1.165, 1.54) is 5.75 Å². The van der Waals surface area contributed by atoms with Crippen molar-refractivity contribution in [2.24, 2.45) is 5.41 Å². The molecule has 9 heavy (non-hydrogen) atoms. The fraction of sp³-hybridized carbons (Fsp3) is 1.00. The molecule has 1 fully saturated rings. The van der Waals surface area contributed by atoms with Gasteiger partial charge in [-0.25, -0.2) is 0 Å². The first-order valence-corrected chi connectivity index (χ1v) is 5.67. The third-order valence-electron chi connectivity index (χ3n) is 1.26. The quantitative estimate of drug-likeness (QED) is 0.539. The largest absolute Gasteiger partial charge is 0.259 e. The van der Waals surface area contributed by atoms with Gasteiger partial charge in [-0.2, -0.15) is 0 Å². The van der Waals surface area contributed by atoms with Gasteiger partial charge < -0.3 is 0 Å². The van der Waals surface area contributed by atoms with E-state index < -0.39 is 10.8 Å². The Kier molecular flexibility index (Phi) is 2.22. The van der Waals surface area contributed by atoms with E-state index in [0.29, 0.717) is 5.41 Å². The van der Waals surface area contributed by atoms with E-state index in [1.807, 2.05) is 11.8 Å². The topological polar surface area (TPSA) is 17.1 Å². The van der Waals surface area contributed by atoms with Gasteiger partial charge in [-0.1, -0.05) is 13.8 Å². The highest BCUT2D eigenvalue weighted by Crippen LogP contribution is 2.28. The summed E-state index contributed by atoms with van der Waals surface area (Å²) in [6.45, 7) is 4.36. The summed E-state index contributed by atoms with van der Waals surface area (Å²) in [4.78, 5) is 0. The first-order valence-electron chi connectivity index (χ1n) is 3.03.